The molecule has 0 radical (unpaired) electrons. The fourth-order valence-corrected chi connectivity index (χ4v) is 2.63. The van der Waals surface area contributed by atoms with Crippen LogP contribution in [0, 0.1) is 6.92 Å². The second-order valence-electron chi connectivity index (χ2n) is 5.66. The number of carboxylic acids is 1. The average Bonchev–Trinajstić information content (AvgIpc) is 2.62. The Morgan fingerprint density at radius 2 is 1.70 bits per heavy atom. The summed E-state index contributed by atoms with van der Waals surface area (Å²) in [5, 5.41) is 15.9. The predicted molar refractivity (Wildman–Crippen MR) is 105 cm³/mol. The van der Waals surface area contributed by atoms with Crippen molar-refractivity contribution in [2.45, 2.75) is 6.92 Å². The van der Waals surface area contributed by atoms with Crippen LogP contribution >= 0.6 is 11.6 Å². The number of halogens is 1. The van der Waals surface area contributed by atoms with E-state index in [1.54, 1.807) is 50.4 Å². The lowest BCUT2D eigenvalue weighted by molar-refractivity contribution is 0.0697. The van der Waals surface area contributed by atoms with Gasteiger partial charge in [0.15, 0.2) is 0 Å². The molecule has 0 unspecified atom stereocenters. The first-order chi connectivity index (χ1) is 12.9. The van der Waals surface area contributed by atoms with Crippen LogP contribution in [0.1, 0.15) is 16.2 Å². The molecule has 0 atom stereocenters. The minimum atomic E-state index is -0.971. The van der Waals surface area contributed by atoms with Crippen LogP contribution in [0.15, 0.2) is 48.5 Å². The number of carboxylic acid groups (broad SMARTS) is 1. The summed E-state index contributed by atoms with van der Waals surface area (Å²) in [6.45, 7) is 1.78. The molecule has 3 N–H and O–H groups in total. The van der Waals surface area contributed by atoms with Gasteiger partial charge in [0.05, 0.1) is 18.4 Å². The van der Waals surface area contributed by atoms with Crippen LogP contribution in [0.2, 0.25) is 5.02 Å². The summed E-state index contributed by atoms with van der Waals surface area (Å²) in [5.74, 6) is 1.35. The molecule has 0 aliphatic carbocycles. The summed E-state index contributed by atoms with van der Waals surface area (Å²) in [4.78, 5) is 19.7. The highest BCUT2D eigenvalue weighted by Gasteiger charge is 2.08. The monoisotopic (exact) mass is 384 g/mol. The Morgan fingerprint density at radius 1 is 1.04 bits per heavy atom. The predicted octanol–water partition coefficient (Wildman–Crippen LogP) is 4.63. The van der Waals surface area contributed by atoms with Crippen molar-refractivity contribution in [2.24, 2.45) is 0 Å². The first kappa shape index (κ1) is 18.5. The zero-order chi connectivity index (χ0) is 19.4. The quantitative estimate of drug-likeness (QED) is 0.570. The van der Waals surface area contributed by atoms with Gasteiger partial charge in [-0.25, -0.2) is 14.8 Å². The number of carbonyl (C=O) groups is 1. The molecule has 0 fully saturated rings. The van der Waals surface area contributed by atoms with E-state index in [4.69, 9.17) is 21.4 Å². The molecule has 0 saturated carbocycles. The molecule has 138 valence electrons. The third-order valence-electron chi connectivity index (χ3n) is 3.67. The summed E-state index contributed by atoms with van der Waals surface area (Å²) >= 11 is 6.06. The summed E-state index contributed by atoms with van der Waals surface area (Å²) in [7, 11) is 1.58. The van der Waals surface area contributed by atoms with Gasteiger partial charge in [-0.05, 0) is 49.4 Å². The average molecular weight is 385 g/mol. The Hall–Kier alpha value is -3.32. The Labute approximate surface area is 161 Å². The third-order valence-corrected chi connectivity index (χ3v) is 3.90. The fraction of sp³-hybridized carbons (Fsp3) is 0.105. The molecule has 0 bridgehead atoms. The number of nitrogens with zero attached hydrogens (tertiary/aromatic N) is 2. The largest absolute Gasteiger partial charge is 0.495 e. The molecule has 0 aliphatic rings. The molecule has 0 aliphatic heterocycles. The van der Waals surface area contributed by atoms with Gasteiger partial charge in [-0.3, -0.25) is 0 Å². The molecule has 0 saturated heterocycles. The lowest BCUT2D eigenvalue weighted by atomic mass is 10.2. The zero-order valence-corrected chi connectivity index (χ0v) is 15.4. The van der Waals surface area contributed by atoms with Gasteiger partial charge in [0.25, 0.3) is 0 Å². The Balaban J connectivity index is 1.84. The minimum absolute atomic E-state index is 0.217. The normalized spacial score (nSPS) is 10.3. The highest BCUT2D eigenvalue weighted by atomic mass is 35.5. The molecule has 1 heterocycles. The topological polar surface area (TPSA) is 96.4 Å². The number of ether oxygens (including phenoxy) is 1. The molecular formula is C19H17ClN4O3. The SMILES string of the molecule is COc1ccc(Cl)cc1Nc1cc(Nc2ccc(C(=O)O)cc2)nc(C)n1. The van der Waals surface area contributed by atoms with Crippen molar-refractivity contribution in [1.29, 1.82) is 0 Å². The highest BCUT2D eigenvalue weighted by Crippen LogP contribution is 2.30. The molecule has 1 aromatic heterocycles. The molecule has 0 amide bonds. The lowest BCUT2D eigenvalue weighted by Crippen LogP contribution is -2.03. The Kier molecular flexibility index (Phi) is 5.42. The van der Waals surface area contributed by atoms with Crippen LogP contribution < -0.4 is 15.4 Å². The first-order valence-corrected chi connectivity index (χ1v) is 8.39. The molecule has 3 rings (SSSR count). The maximum absolute atomic E-state index is 10.9. The molecular weight excluding hydrogens is 368 g/mol. The Bertz CT molecular complexity index is 977. The van der Waals surface area contributed by atoms with Gasteiger partial charge in [-0.2, -0.15) is 0 Å². The maximum Gasteiger partial charge on any atom is 0.335 e. The number of benzene rings is 2. The van der Waals surface area contributed by atoms with Crippen molar-refractivity contribution in [2.75, 3.05) is 17.7 Å². The van der Waals surface area contributed by atoms with Crippen molar-refractivity contribution in [3.8, 4) is 5.75 Å². The van der Waals surface area contributed by atoms with Crippen LogP contribution in [-0.2, 0) is 0 Å². The van der Waals surface area contributed by atoms with Crippen LogP contribution in [0.25, 0.3) is 0 Å². The fourth-order valence-electron chi connectivity index (χ4n) is 2.46. The van der Waals surface area contributed by atoms with Gasteiger partial charge in [0.2, 0.25) is 0 Å². The van der Waals surface area contributed by atoms with E-state index in [0.29, 0.717) is 39.6 Å². The number of aromatic carboxylic acids is 1. The minimum Gasteiger partial charge on any atom is -0.495 e. The van der Waals surface area contributed by atoms with Crippen molar-refractivity contribution in [3.63, 3.8) is 0 Å². The van der Waals surface area contributed by atoms with E-state index in [2.05, 4.69) is 20.6 Å². The first-order valence-electron chi connectivity index (χ1n) is 8.01. The van der Waals surface area contributed by atoms with Gasteiger partial charge < -0.3 is 20.5 Å². The second-order valence-corrected chi connectivity index (χ2v) is 6.10. The van der Waals surface area contributed by atoms with Gasteiger partial charge in [-0.15, -0.1) is 0 Å². The number of hydrogen-bond donors (Lipinski definition) is 3. The summed E-state index contributed by atoms with van der Waals surface area (Å²) in [5.41, 5.74) is 1.61. The standard InChI is InChI=1S/C19H17ClN4O3/c1-11-21-17(23-14-6-3-12(4-7-14)19(25)26)10-18(22-11)24-15-9-13(20)5-8-16(15)27-2/h3-10H,1-2H3,(H,25,26)(H2,21,22,23,24). The highest BCUT2D eigenvalue weighted by molar-refractivity contribution is 6.31. The zero-order valence-electron chi connectivity index (χ0n) is 14.7. The molecule has 3 aromatic rings. The van der Waals surface area contributed by atoms with Crippen LogP contribution in [-0.4, -0.2) is 28.2 Å². The van der Waals surface area contributed by atoms with Crippen molar-refractivity contribution in [1.82, 2.24) is 9.97 Å². The van der Waals surface area contributed by atoms with E-state index in [1.165, 1.54) is 12.1 Å². The lowest BCUT2D eigenvalue weighted by Gasteiger charge is -2.13. The van der Waals surface area contributed by atoms with Crippen molar-refractivity contribution >= 4 is 40.6 Å². The van der Waals surface area contributed by atoms with E-state index in [1.807, 2.05) is 0 Å². The smallest absolute Gasteiger partial charge is 0.335 e. The van der Waals surface area contributed by atoms with E-state index >= 15 is 0 Å². The third kappa shape index (κ3) is 4.65. The van der Waals surface area contributed by atoms with E-state index in [-0.39, 0.29) is 5.56 Å². The van der Waals surface area contributed by atoms with Crippen molar-refractivity contribution < 1.29 is 14.6 Å². The van der Waals surface area contributed by atoms with Gasteiger partial charge >= 0.3 is 5.97 Å². The summed E-state index contributed by atoms with van der Waals surface area (Å²) < 4.78 is 5.33. The number of aryl methyl sites for hydroxylation is 1. The van der Waals surface area contributed by atoms with Crippen LogP contribution in [0.4, 0.5) is 23.0 Å². The van der Waals surface area contributed by atoms with Gasteiger partial charge in [-0.1, -0.05) is 11.6 Å². The molecule has 8 heteroatoms. The van der Waals surface area contributed by atoms with Gasteiger partial charge in [0, 0.05) is 16.8 Å². The van der Waals surface area contributed by atoms with Crippen LogP contribution in [0.5, 0.6) is 5.75 Å². The van der Waals surface area contributed by atoms with E-state index in [0.717, 1.165) is 0 Å². The number of anilines is 4. The second kappa shape index (κ2) is 7.92. The summed E-state index contributed by atoms with van der Waals surface area (Å²) in [6, 6.07) is 13.4. The number of methoxy groups -OCH3 is 1. The van der Waals surface area contributed by atoms with E-state index in [9.17, 15) is 4.79 Å². The molecule has 27 heavy (non-hydrogen) atoms. The van der Waals surface area contributed by atoms with Gasteiger partial charge in [0.1, 0.15) is 23.2 Å². The molecule has 2 aromatic carbocycles. The molecule has 0 spiro atoms. The van der Waals surface area contributed by atoms with E-state index < -0.39 is 5.97 Å². The van der Waals surface area contributed by atoms with Crippen LogP contribution in [0.3, 0.4) is 0 Å². The number of nitrogens with one attached hydrogen (secondary N) is 2. The summed E-state index contributed by atoms with van der Waals surface area (Å²) in [6.07, 6.45) is 0. The van der Waals surface area contributed by atoms with Crippen molar-refractivity contribution in [3.05, 3.63) is 64.9 Å². The number of rotatable bonds is 6. The Morgan fingerprint density at radius 3 is 2.33 bits per heavy atom. The maximum atomic E-state index is 10.9. The number of aromatic nitrogens is 2. The molecule has 7 nitrogen and oxygen atoms in total. The number of hydrogen-bond acceptors (Lipinski definition) is 6.